The minimum atomic E-state index is -1.68. The number of aliphatic hydroxyl groups excluding tert-OH is 1. The number of fused-ring (bicyclic) bond motifs is 2. The summed E-state index contributed by atoms with van der Waals surface area (Å²) in [5, 5.41) is 30.1. The summed E-state index contributed by atoms with van der Waals surface area (Å²) in [4.78, 5) is 185. The van der Waals surface area contributed by atoms with E-state index in [1.807, 2.05) is 41.5 Å². The van der Waals surface area contributed by atoms with Crippen molar-refractivity contribution in [2.45, 2.75) is 234 Å². The highest BCUT2D eigenvalue weighted by Gasteiger charge is 2.49. The van der Waals surface area contributed by atoms with Crippen LogP contribution in [0, 0.1) is 35.5 Å². The first kappa shape index (κ1) is 80.8. The number of carboxylic acid groups (broad SMARTS) is 1. The number of amides is 11. The molecule has 25 nitrogen and oxygen atoms in total. The van der Waals surface area contributed by atoms with Gasteiger partial charge in [-0.2, -0.15) is 11.8 Å². The average molecular weight is 1300 g/mol. The van der Waals surface area contributed by atoms with E-state index in [4.69, 9.17) is 0 Å². The van der Waals surface area contributed by atoms with Gasteiger partial charge in [-0.1, -0.05) is 95.2 Å². The van der Waals surface area contributed by atoms with Gasteiger partial charge in [0.05, 0.1) is 12.5 Å². The highest BCUT2D eigenvalue weighted by atomic mass is 32.2. The van der Waals surface area contributed by atoms with Gasteiger partial charge in [0, 0.05) is 66.9 Å². The molecule has 26 heteroatoms. The number of allylic oxidation sites excluding steroid dienone is 2. The minimum Gasteiger partial charge on any atom is -0.481 e. The van der Waals surface area contributed by atoms with Crippen LogP contribution in [0.15, 0.2) is 12.2 Å². The second-order valence-electron chi connectivity index (χ2n) is 27.2. The van der Waals surface area contributed by atoms with Gasteiger partial charge in [0.2, 0.25) is 65.0 Å². The number of nitrogens with zero attached hydrogens (tertiary/aromatic N) is 8. The lowest BCUT2D eigenvalue weighted by atomic mass is 9.91. The zero-order valence-corrected chi connectivity index (χ0v) is 59.6. The zero-order chi connectivity index (χ0) is 70.1. The average Bonchev–Trinajstić information content (AvgIpc) is 1.79. The zero-order valence-electron chi connectivity index (χ0n) is 58.8. The van der Waals surface area contributed by atoms with Crippen molar-refractivity contribution in [3.05, 3.63) is 12.2 Å². The molecule has 0 aromatic carbocycles. The number of aliphatic carboxylic acids is 1. The van der Waals surface area contributed by atoms with Crippen LogP contribution in [0.25, 0.3) is 0 Å². The topological polar surface area (TPSA) is 307 Å². The fourth-order valence-corrected chi connectivity index (χ4v) is 13.1. The normalized spacial score (nSPS) is 28.0. The monoisotopic (exact) mass is 1300 g/mol. The van der Waals surface area contributed by atoms with Crippen molar-refractivity contribution in [1.29, 1.82) is 0 Å². The van der Waals surface area contributed by atoms with Crippen LogP contribution in [0.5, 0.6) is 0 Å². The number of hydrogen-bond acceptors (Lipinski definition) is 14. The number of thioether (sulfide) groups is 1. The Morgan fingerprint density at radius 2 is 1.02 bits per heavy atom. The quantitative estimate of drug-likeness (QED) is 0.0972. The summed E-state index contributed by atoms with van der Waals surface area (Å²) in [6.45, 7) is 27.8. The Hall–Kier alpha value is -6.31. The minimum absolute atomic E-state index is 0.0415. The van der Waals surface area contributed by atoms with Crippen molar-refractivity contribution in [2.24, 2.45) is 35.5 Å². The number of carbonyl (C=O) groups is 12. The molecule has 518 valence electrons. The number of hydrogen-bond donors (Lipinski definition) is 5. The van der Waals surface area contributed by atoms with Crippen LogP contribution in [0.4, 0.5) is 0 Å². The number of nitrogens with one attached hydrogen (secondary N) is 3. The van der Waals surface area contributed by atoms with Crippen molar-refractivity contribution in [3.63, 3.8) is 0 Å². The maximum absolute atomic E-state index is 15.3. The molecule has 2 saturated heterocycles. The third-order valence-corrected chi connectivity index (χ3v) is 18.8. The summed E-state index contributed by atoms with van der Waals surface area (Å²) in [6.07, 6.45) is 2.39. The number of carboxylic acids is 1. The number of aliphatic hydroxyl groups is 1. The number of carbonyl (C=O) groups excluding carboxylic acids is 11. The molecule has 0 radical (unpaired) electrons. The SMILES string of the molecule is C/C=C/C[C@@H](C)[C@@H](O)[C@H]1C(=O)N[C@@H](CC)C(=O)N(C)[C@H](CSCCC(=O)O)C(=O)N(C)[C@@H](CC(C)C)C(=O)N[C@@H](C(C)C)C(=O)N(C)[C@H]2CC(C)N(C2=O)[C@@H](C)C(=O)N[C@H](C)C(=O)N(C)[C@@H](CC(C)C)C(=O)N(C)[C@@H](CC(C)C)C(=O)N(C)[C@@H](C(C)C)C(=O)N1C. The molecule has 2 aliphatic rings. The van der Waals surface area contributed by atoms with E-state index < -0.39 is 167 Å². The van der Waals surface area contributed by atoms with E-state index in [1.54, 1.807) is 67.5 Å². The molecular weight excluding hydrogens is 1190 g/mol. The van der Waals surface area contributed by atoms with Crippen LogP contribution in [0.2, 0.25) is 0 Å². The molecule has 5 N–H and O–H groups in total. The largest absolute Gasteiger partial charge is 0.481 e. The smallest absolute Gasteiger partial charge is 0.304 e. The maximum atomic E-state index is 15.3. The van der Waals surface area contributed by atoms with E-state index >= 15 is 24.0 Å². The molecule has 0 aromatic heterocycles. The van der Waals surface area contributed by atoms with E-state index in [0.29, 0.717) is 0 Å². The predicted octanol–water partition coefficient (Wildman–Crippen LogP) is 3.30. The summed E-state index contributed by atoms with van der Waals surface area (Å²) in [7, 11) is 9.82. The first-order valence-corrected chi connectivity index (χ1v) is 33.5. The first-order chi connectivity index (χ1) is 42.1. The molecule has 14 atom stereocenters. The molecular formula is C65H113N11O14S. The second kappa shape index (κ2) is 36.2. The van der Waals surface area contributed by atoms with Crippen LogP contribution >= 0.6 is 11.8 Å². The summed E-state index contributed by atoms with van der Waals surface area (Å²) < 4.78 is 0. The molecule has 2 heterocycles. The molecule has 91 heavy (non-hydrogen) atoms. The Kier molecular flexibility index (Phi) is 32.2. The van der Waals surface area contributed by atoms with Crippen LogP contribution in [-0.2, 0) is 57.5 Å². The Bertz CT molecular complexity index is 2580. The fourth-order valence-electron chi connectivity index (χ4n) is 12.0. The van der Waals surface area contributed by atoms with Crippen molar-refractivity contribution in [2.75, 3.05) is 60.8 Å². The number of rotatable bonds is 18. The van der Waals surface area contributed by atoms with Crippen LogP contribution in [-0.4, -0.2) is 260 Å². The van der Waals surface area contributed by atoms with Crippen LogP contribution in [0.1, 0.15) is 156 Å². The predicted molar refractivity (Wildman–Crippen MR) is 350 cm³/mol. The Labute approximate surface area is 546 Å². The molecule has 0 saturated carbocycles. The van der Waals surface area contributed by atoms with E-state index in [2.05, 4.69) is 16.0 Å². The number of likely N-dealkylation sites (N-methyl/N-ethyl adjacent to an activating group) is 7. The van der Waals surface area contributed by atoms with Gasteiger partial charge in [-0.25, -0.2) is 0 Å². The summed E-state index contributed by atoms with van der Waals surface area (Å²) in [5.74, 6) is -11.2. The molecule has 0 aromatic rings. The maximum Gasteiger partial charge on any atom is 0.304 e. The van der Waals surface area contributed by atoms with Crippen molar-refractivity contribution >= 4 is 82.7 Å². The Balaban J connectivity index is 3.08. The molecule has 0 aliphatic carbocycles. The summed E-state index contributed by atoms with van der Waals surface area (Å²) in [6, 6.07) is -14.6. The molecule has 0 spiro atoms. The molecule has 2 aliphatic heterocycles. The van der Waals surface area contributed by atoms with E-state index in [-0.39, 0.29) is 74.2 Å². The van der Waals surface area contributed by atoms with Gasteiger partial charge in [-0.3, -0.25) is 57.5 Å². The van der Waals surface area contributed by atoms with Gasteiger partial charge in [0.15, 0.2) is 0 Å². The highest BCUT2D eigenvalue weighted by Crippen LogP contribution is 2.29. The lowest BCUT2D eigenvalue weighted by Crippen LogP contribution is -2.64. The van der Waals surface area contributed by atoms with E-state index in [9.17, 15) is 43.8 Å². The second-order valence-corrected chi connectivity index (χ2v) is 28.3. The van der Waals surface area contributed by atoms with Crippen LogP contribution < -0.4 is 16.0 Å². The highest BCUT2D eigenvalue weighted by molar-refractivity contribution is 7.99. The van der Waals surface area contributed by atoms with Crippen LogP contribution in [0.3, 0.4) is 0 Å². The van der Waals surface area contributed by atoms with Gasteiger partial charge in [0.25, 0.3) is 0 Å². The molecule has 2 fully saturated rings. The molecule has 11 amide bonds. The van der Waals surface area contributed by atoms with Gasteiger partial charge in [0.1, 0.15) is 66.5 Å². The van der Waals surface area contributed by atoms with E-state index in [1.165, 1.54) is 92.6 Å². The Morgan fingerprint density at radius 1 is 0.549 bits per heavy atom. The third-order valence-electron chi connectivity index (χ3n) is 17.7. The molecule has 2 rings (SSSR count). The third kappa shape index (κ3) is 21.1. The molecule has 2 bridgehead atoms. The Morgan fingerprint density at radius 3 is 1.51 bits per heavy atom. The van der Waals surface area contributed by atoms with Gasteiger partial charge < -0.3 is 65.4 Å². The van der Waals surface area contributed by atoms with Crippen molar-refractivity contribution in [1.82, 2.24) is 55.1 Å². The lowest BCUT2D eigenvalue weighted by molar-refractivity contribution is -0.157. The summed E-state index contributed by atoms with van der Waals surface area (Å²) >= 11 is 1.08. The van der Waals surface area contributed by atoms with Gasteiger partial charge in [-0.05, 0) is 102 Å². The molecule has 1 unspecified atom stereocenters. The van der Waals surface area contributed by atoms with Gasteiger partial charge in [-0.15, -0.1) is 0 Å². The fraction of sp³-hybridized carbons (Fsp3) is 0.785. The summed E-state index contributed by atoms with van der Waals surface area (Å²) in [5.41, 5.74) is 0. The lowest BCUT2D eigenvalue weighted by Gasteiger charge is -2.41. The standard InChI is InChI=1S/C65H113N11O14S/c1-24-26-27-40(13)54(79)53-57(82)67-44(25-2)59(84)73(21)49(34-91-29-28-50(77)78)62(87)69(17)45(30-35(3)4)56(81)68-51(38(9)10)64(89)72(20)48-33-41(14)76(63(48)88)43(16)55(80)66-42(15)58(83)70(18)46(31-36(5)6)60(85)71(19)47(32-37(7)8)61(86)74(22)52(39(11)12)65(90)75(53)23/h24,26,35-49,51-54,79H,25,27-34H2,1-23H3,(H,66,80)(H,67,82)(H,68,81)(H,77,78)/b26-24+/t40-,41?,42-,43+,44+,45+,46+,47+,48+,49-,51+,52+,53+,54-/m1/s1. The van der Waals surface area contributed by atoms with Gasteiger partial charge >= 0.3 is 5.97 Å². The van der Waals surface area contributed by atoms with E-state index in [0.717, 1.165) is 21.6 Å². The van der Waals surface area contributed by atoms with Crippen molar-refractivity contribution < 1.29 is 67.7 Å². The van der Waals surface area contributed by atoms with Crippen molar-refractivity contribution in [3.8, 4) is 0 Å². The first-order valence-electron chi connectivity index (χ1n) is 32.3.